The predicted molar refractivity (Wildman–Crippen MR) is 99.6 cm³/mol. The lowest BCUT2D eigenvalue weighted by atomic mass is 10.0. The van der Waals surface area contributed by atoms with E-state index in [1.54, 1.807) is 30.3 Å². The van der Waals surface area contributed by atoms with Crippen LogP contribution in [0.25, 0.3) is 0 Å². The number of anilines is 1. The first-order valence-electron chi connectivity index (χ1n) is 8.52. The Morgan fingerprint density at radius 3 is 2.16 bits per heavy atom. The highest BCUT2D eigenvalue weighted by atomic mass is 32.2. The number of nitrogens with zero attached hydrogens (tertiary/aromatic N) is 2. The Balaban J connectivity index is 1.71. The fraction of sp³-hybridized carbons (Fsp3) is 0.368. The summed E-state index contributed by atoms with van der Waals surface area (Å²) in [6, 6.07) is 14.2. The first-order chi connectivity index (χ1) is 11.9. The van der Waals surface area contributed by atoms with Crippen molar-refractivity contribution in [1.29, 1.82) is 0 Å². The van der Waals surface area contributed by atoms with Crippen LogP contribution in [-0.4, -0.2) is 44.0 Å². The quantitative estimate of drug-likeness (QED) is 0.910. The zero-order valence-corrected chi connectivity index (χ0v) is 15.4. The van der Waals surface area contributed by atoms with Gasteiger partial charge >= 0.3 is 0 Å². The molecule has 0 bridgehead atoms. The first-order valence-corrected chi connectivity index (χ1v) is 9.96. The van der Waals surface area contributed by atoms with Crippen molar-refractivity contribution in [3.63, 3.8) is 0 Å². The normalized spacial score (nSPS) is 16.4. The molecule has 0 amide bonds. The molecule has 134 valence electrons. The average molecular weight is 360 g/mol. The Labute approximate surface area is 149 Å². The van der Waals surface area contributed by atoms with E-state index in [0.717, 1.165) is 11.3 Å². The van der Waals surface area contributed by atoms with Gasteiger partial charge in [0.1, 0.15) is 5.75 Å². The third-order valence-electron chi connectivity index (χ3n) is 4.62. The van der Waals surface area contributed by atoms with Crippen LogP contribution in [0.4, 0.5) is 5.69 Å². The summed E-state index contributed by atoms with van der Waals surface area (Å²) < 4.78 is 27.2. The van der Waals surface area contributed by atoms with Crippen molar-refractivity contribution in [3.8, 4) is 5.75 Å². The Morgan fingerprint density at radius 1 is 0.960 bits per heavy atom. The lowest BCUT2D eigenvalue weighted by molar-refractivity contribution is 0.384. The van der Waals surface area contributed by atoms with E-state index in [1.165, 1.54) is 4.31 Å². The third kappa shape index (κ3) is 3.80. The van der Waals surface area contributed by atoms with Crippen LogP contribution >= 0.6 is 0 Å². The minimum Gasteiger partial charge on any atom is -0.508 e. The Kier molecular flexibility index (Phi) is 5.01. The molecule has 6 heteroatoms. The highest BCUT2D eigenvalue weighted by Gasteiger charge is 2.28. The van der Waals surface area contributed by atoms with Crippen molar-refractivity contribution < 1.29 is 13.5 Å². The van der Waals surface area contributed by atoms with Crippen molar-refractivity contribution in [1.82, 2.24) is 4.31 Å². The lowest BCUT2D eigenvalue weighted by Crippen LogP contribution is -2.48. The molecule has 3 rings (SSSR count). The number of hydrogen-bond acceptors (Lipinski definition) is 4. The number of benzene rings is 2. The van der Waals surface area contributed by atoms with Crippen molar-refractivity contribution >= 4 is 15.7 Å². The van der Waals surface area contributed by atoms with Crippen LogP contribution in [0.15, 0.2) is 53.4 Å². The standard InChI is InChI=1S/C19H24N2O3S/c1-15(2)16-6-8-19(9-7-16)25(23,24)21-12-10-20(11-13-21)17-4-3-5-18(22)14-17/h3-9,14-15,22H,10-13H2,1-2H3. The first kappa shape index (κ1) is 17.8. The zero-order valence-electron chi connectivity index (χ0n) is 14.6. The molecule has 2 aromatic carbocycles. The van der Waals surface area contributed by atoms with E-state index < -0.39 is 10.0 Å². The van der Waals surface area contributed by atoms with Crippen LogP contribution in [0.5, 0.6) is 5.75 Å². The smallest absolute Gasteiger partial charge is 0.243 e. The third-order valence-corrected chi connectivity index (χ3v) is 6.53. The summed E-state index contributed by atoms with van der Waals surface area (Å²) in [6.07, 6.45) is 0. The molecule has 1 aliphatic rings. The summed E-state index contributed by atoms with van der Waals surface area (Å²) in [4.78, 5) is 2.44. The van der Waals surface area contributed by atoms with Gasteiger partial charge in [0, 0.05) is 37.9 Å². The van der Waals surface area contributed by atoms with Gasteiger partial charge in [-0.05, 0) is 35.7 Å². The summed E-state index contributed by atoms with van der Waals surface area (Å²) in [5, 5.41) is 9.60. The van der Waals surface area contributed by atoms with Gasteiger partial charge in [0.05, 0.1) is 4.90 Å². The summed E-state index contributed by atoms with van der Waals surface area (Å²) >= 11 is 0. The molecule has 0 aliphatic carbocycles. The molecule has 5 nitrogen and oxygen atoms in total. The van der Waals surface area contributed by atoms with E-state index in [-0.39, 0.29) is 5.75 Å². The second-order valence-corrected chi connectivity index (χ2v) is 8.57. The minimum atomic E-state index is -3.46. The Hall–Kier alpha value is -2.05. The Bertz CT molecular complexity index is 824. The van der Waals surface area contributed by atoms with E-state index in [9.17, 15) is 13.5 Å². The lowest BCUT2D eigenvalue weighted by Gasteiger charge is -2.35. The van der Waals surface area contributed by atoms with Crippen molar-refractivity contribution in [2.75, 3.05) is 31.1 Å². The van der Waals surface area contributed by atoms with E-state index in [2.05, 4.69) is 18.7 Å². The van der Waals surface area contributed by atoms with Gasteiger partial charge in [-0.15, -0.1) is 0 Å². The second-order valence-electron chi connectivity index (χ2n) is 6.63. The van der Waals surface area contributed by atoms with Crippen LogP contribution in [0.3, 0.4) is 0 Å². The summed E-state index contributed by atoms with van der Waals surface area (Å²) in [6.45, 7) is 6.25. The molecule has 25 heavy (non-hydrogen) atoms. The molecule has 0 unspecified atom stereocenters. The summed E-state index contributed by atoms with van der Waals surface area (Å²) in [7, 11) is -3.46. The molecule has 1 saturated heterocycles. The van der Waals surface area contributed by atoms with Gasteiger partial charge in [-0.3, -0.25) is 0 Å². The van der Waals surface area contributed by atoms with Crippen molar-refractivity contribution in [2.24, 2.45) is 0 Å². The number of sulfonamides is 1. The summed E-state index contributed by atoms with van der Waals surface area (Å²) in [5.74, 6) is 0.598. The van der Waals surface area contributed by atoms with Gasteiger partial charge in [0.25, 0.3) is 0 Å². The molecule has 1 heterocycles. The fourth-order valence-electron chi connectivity index (χ4n) is 3.05. The second kappa shape index (κ2) is 7.06. The molecule has 1 aliphatic heterocycles. The zero-order chi connectivity index (χ0) is 18.0. The molecule has 1 fully saturated rings. The predicted octanol–water partition coefficient (Wildman–Crippen LogP) is 3.03. The van der Waals surface area contributed by atoms with E-state index in [0.29, 0.717) is 37.0 Å². The van der Waals surface area contributed by atoms with Gasteiger partial charge in [-0.25, -0.2) is 8.42 Å². The largest absolute Gasteiger partial charge is 0.508 e. The molecule has 0 spiro atoms. The van der Waals surface area contributed by atoms with Gasteiger partial charge in [-0.2, -0.15) is 4.31 Å². The van der Waals surface area contributed by atoms with Crippen LogP contribution < -0.4 is 4.90 Å². The van der Waals surface area contributed by atoms with Crippen LogP contribution in [-0.2, 0) is 10.0 Å². The number of hydrogen-bond donors (Lipinski definition) is 1. The van der Waals surface area contributed by atoms with Gasteiger partial charge in [-0.1, -0.05) is 32.0 Å². The van der Waals surface area contributed by atoms with Crippen LogP contribution in [0.1, 0.15) is 25.3 Å². The molecule has 2 aromatic rings. The number of phenols is 1. The molecule has 0 atom stereocenters. The van der Waals surface area contributed by atoms with E-state index >= 15 is 0 Å². The summed E-state index contributed by atoms with van der Waals surface area (Å²) in [5.41, 5.74) is 2.05. The van der Waals surface area contributed by atoms with Gasteiger partial charge < -0.3 is 10.0 Å². The highest BCUT2D eigenvalue weighted by Crippen LogP contribution is 2.24. The monoisotopic (exact) mass is 360 g/mol. The molecule has 0 radical (unpaired) electrons. The maximum absolute atomic E-state index is 12.8. The Morgan fingerprint density at radius 2 is 1.60 bits per heavy atom. The number of aromatic hydroxyl groups is 1. The van der Waals surface area contributed by atoms with Crippen LogP contribution in [0.2, 0.25) is 0 Å². The highest BCUT2D eigenvalue weighted by molar-refractivity contribution is 7.89. The molecule has 0 aromatic heterocycles. The van der Waals surface area contributed by atoms with E-state index in [1.807, 2.05) is 18.2 Å². The topological polar surface area (TPSA) is 60.9 Å². The van der Waals surface area contributed by atoms with Crippen molar-refractivity contribution in [2.45, 2.75) is 24.7 Å². The maximum Gasteiger partial charge on any atom is 0.243 e. The number of phenolic OH excluding ortho intramolecular Hbond substituents is 1. The molecule has 1 N–H and O–H groups in total. The van der Waals surface area contributed by atoms with E-state index in [4.69, 9.17) is 0 Å². The SMILES string of the molecule is CC(C)c1ccc(S(=O)(=O)N2CCN(c3cccc(O)c3)CC2)cc1. The fourth-order valence-corrected chi connectivity index (χ4v) is 4.47. The number of piperazine rings is 1. The molecular formula is C19H24N2O3S. The maximum atomic E-state index is 12.8. The molecular weight excluding hydrogens is 336 g/mol. The van der Waals surface area contributed by atoms with Crippen molar-refractivity contribution in [3.05, 3.63) is 54.1 Å². The average Bonchev–Trinajstić information content (AvgIpc) is 2.62. The van der Waals surface area contributed by atoms with Crippen LogP contribution in [0, 0.1) is 0 Å². The van der Waals surface area contributed by atoms with Gasteiger partial charge in [0.2, 0.25) is 10.0 Å². The molecule has 0 saturated carbocycles. The minimum absolute atomic E-state index is 0.220. The number of rotatable bonds is 4. The van der Waals surface area contributed by atoms with Gasteiger partial charge in [0.15, 0.2) is 0 Å².